The van der Waals surface area contributed by atoms with E-state index in [1.165, 1.54) is 22.5 Å². The molecule has 5 aromatic carbocycles. The molecule has 5 aromatic rings. The number of nitriles is 8. The van der Waals surface area contributed by atoms with Crippen molar-refractivity contribution < 1.29 is 0 Å². The van der Waals surface area contributed by atoms with Crippen molar-refractivity contribution in [3.63, 3.8) is 0 Å². The Morgan fingerprint density at radius 3 is 0.919 bits per heavy atom. The summed E-state index contributed by atoms with van der Waals surface area (Å²) in [6, 6.07) is 46.5. The Kier molecular flexibility index (Phi) is 10.6. The molecule has 0 N–H and O–H groups in total. The fourth-order valence-electron chi connectivity index (χ4n) is 8.15. The summed E-state index contributed by atoms with van der Waals surface area (Å²) in [7, 11) is -3.49. The van der Waals surface area contributed by atoms with Gasteiger partial charge in [-0.25, -0.2) is 0 Å². The zero-order valence-corrected chi connectivity index (χ0v) is 36.8. The zero-order valence-electron chi connectivity index (χ0n) is 34.8. The number of fused-ring (bicyclic) bond motifs is 2. The maximum atomic E-state index is 11.1. The quantitative estimate of drug-likeness (QED) is 0.119. The Labute approximate surface area is 363 Å². The second-order valence-electron chi connectivity index (χ2n) is 17.1. The summed E-state index contributed by atoms with van der Waals surface area (Å²) in [6.07, 6.45) is 0. The maximum absolute atomic E-state index is 11.1. The lowest BCUT2D eigenvalue weighted by molar-refractivity contribution is 1.43. The molecule has 0 aromatic heterocycles. The molecule has 290 valence electrons. The fraction of sp³-hybridized carbons (Fsp3) is 0.115. The van der Waals surface area contributed by atoms with Crippen molar-refractivity contribution in [2.75, 3.05) is 0 Å². The highest BCUT2D eigenvalue weighted by Crippen LogP contribution is 2.56. The molecule has 0 atom stereocenters. The minimum absolute atomic E-state index is 0.128. The Bertz CT molecular complexity index is 3020. The van der Waals surface area contributed by atoms with Gasteiger partial charge in [-0.1, -0.05) is 98.2 Å². The van der Waals surface area contributed by atoms with E-state index in [-0.39, 0.29) is 44.5 Å². The van der Waals surface area contributed by atoms with Gasteiger partial charge in [-0.2, -0.15) is 42.1 Å². The van der Waals surface area contributed by atoms with E-state index in [2.05, 4.69) is 87.8 Å². The average Bonchev–Trinajstić information content (AvgIpc) is 3.76. The molecule has 0 bridgehead atoms. The SMILES string of the molecule is C[Si](C)(C)c1ccc(C2=C(C#N)c3cc4c(cc3/C2=C(\C#N)c2cc(C#N)cc(C#N)c2)C(C#N)=C(c2ccc([Si](C)(C)C)cc2)/C4=C(/C#N)c2cc(C#N)cc(C#N)c2)cc1. The van der Waals surface area contributed by atoms with E-state index in [9.17, 15) is 42.1 Å². The normalized spacial score (nSPS) is 14.4. The van der Waals surface area contributed by atoms with Crippen molar-refractivity contribution in [1.29, 1.82) is 42.1 Å². The van der Waals surface area contributed by atoms with Crippen molar-refractivity contribution in [2.24, 2.45) is 0 Å². The standard InChI is InChI=1S/C52H34N8Si2/c1-61(2,3)39-11-7-35(8-12-39)49-47(29-59)41-21-44-42(22-43(41)51(49)45(27-57)37-17-31(23-53)15-32(18-37)24-54)48(30-60)50(36-9-13-40(14-10-36)62(4,5)6)52(44)46(28-58)38-19-33(25-55)16-34(20-38)26-56/h7-22H,1-6H3/b51-45-,52-46-. The molecule has 0 saturated carbocycles. The minimum Gasteiger partial charge on any atom is -0.192 e. The van der Waals surface area contributed by atoms with Gasteiger partial charge in [0.15, 0.2) is 0 Å². The smallest absolute Gasteiger partial charge is 0.100 e. The highest BCUT2D eigenvalue weighted by atomic mass is 28.3. The lowest BCUT2D eigenvalue weighted by Gasteiger charge is -2.18. The van der Waals surface area contributed by atoms with Crippen LogP contribution in [0.15, 0.2) is 97.1 Å². The maximum Gasteiger partial charge on any atom is 0.100 e. The van der Waals surface area contributed by atoms with Crippen molar-refractivity contribution >= 4 is 71.1 Å². The molecule has 0 amide bonds. The van der Waals surface area contributed by atoms with Gasteiger partial charge in [-0.05, 0) is 81.9 Å². The van der Waals surface area contributed by atoms with Gasteiger partial charge in [0, 0.05) is 33.4 Å². The van der Waals surface area contributed by atoms with Crippen LogP contribution in [0.2, 0.25) is 39.3 Å². The third-order valence-corrected chi connectivity index (χ3v) is 15.4. The lowest BCUT2D eigenvalue weighted by Crippen LogP contribution is -2.37. The molecule has 62 heavy (non-hydrogen) atoms. The predicted molar refractivity (Wildman–Crippen MR) is 247 cm³/mol. The summed E-state index contributed by atoms with van der Waals surface area (Å²) < 4.78 is 0. The third-order valence-electron chi connectivity index (χ3n) is 11.2. The predicted octanol–water partition coefficient (Wildman–Crippen LogP) is 10.0. The highest BCUT2D eigenvalue weighted by Gasteiger charge is 2.38. The fourth-order valence-corrected chi connectivity index (χ4v) is 10.5. The van der Waals surface area contributed by atoms with E-state index < -0.39 is 16.1 Å². The first-order valence-electron chi connectivity index (χ1n) is 19.6. The van der Waals surface area contributed by atoms with Gasteiger partial charge in [0.2, 0.25) is 0 Å². The Morgan fingerprint density at radius 1 is 0.371 bits per heavy atom. The van der Waals surface area contributed by atoms with Crippen LogP contribution in [-0.2, 0) is 0 Å². The van der Waals surface area contributed by atoms with E-state index in [0.29, 0.717) is 66.8 Å². The number of allylic oxidation sites excluding steroid dienone is 8. The lowest BCUT2D eigenvalue weighted by atomic mass is 9.86. The van der Waals surface area contributed by atoms with Crippen molar-refractivity contribution in [1.82, 2.24) is 0 Å². The number of hydrogen-bond donors (Lipinski definition) is 0. The summed E-state index contributed by atoms with van der Waals surface area (Å²) in [5.74, 6) is 0. The first kappa shape index (κ1) is 41.6. The van der Waals surface area contributed by atoms with Gasteiger partial charge in [-0.15, -0.1) is 0 Å². The van der Waals surface area contributed by atoms with Gasteiger partial charge in [0.25, 0.3) is 0 Å². The molecule has 10 heteroatoms. The van der Waals surface area contributed by atoms with E-state index in [1.807, 2.05) is 48.5 Å². The molecule has 0 fully saturated rings. The van der Waals surface area contributed by atoms with Crippen molar-refractivity contribution in [3.8, 4) is 48.6 Å². The molecular weight excluding hydrogens is 793 g/mol. The molecule has 8 nitrogen and oxygen atoms in total. The van der Waals surface area contributed by atoms with E-state index in [4.69, 9.17) is 0 Å². The highest BCUT2D eigenvalue weighted by molar-refractivity contribution is 6.89. The van der Waals surface area contributed by atoms with Crippen molar-refractivity contribution in [2.45, 2.75) is 39.3 Å². The third kappa shape index (κ3) is 7.13. The number of hydrogen-bond acceptors (Lipinski definition) is 8. The minimum atomic E-state index is -1.75. The molecule has 0 unspecified atom stereocenters. The first-order valence-corrected chi connectivity index (χ1v) is 26.6. The van der Waals surface area contributed by atoms with Gasteiger partial charge in [0.1, 0.15) is 24.3 Å². The molecule has 0 aliphatic heterocycles. The van der Waals surface area contributed by atoms with Gasteiger partial charge >= 0.3 is 0 Å². The molecule has 0 heterocycles. The number of benzene rings is 5. The molecule has 0 spiro atoms. The van der Waals surface area contributed by atoms with Crippen LogP contribution in [0.1, 0.15) is 66.8 Å². The van der Waals surface area contributed by atoms with Crippen LogP contribution in [0, 0.1) is 90.6 Å². The topological polar surface area (TPSA) is 190 Å². The molecular formula is C52H34N8Si2. The average molecular weight is 827 g/mol. The monoisotopic (exact) mass is 826 g/mol. The van der Waals surface area contributed by atoms with Crippen LogP contribution >= 0.6 is 0 Å². The van der Waals surface area contributed by atoms with Gasteiger partial charge in [0.05, 0.1) is 85.0 Å². The summed E-state index contributed by atoms with van der Waals surface area (Å²) in [4.78, 5) is 0. The molecule has 2 aliphatic rings. The first-order chi connectivity index (χ1) is 29.6. The van der Waals surface area contributed by atoms with E-state index in [0.717, 1.165) is 0 Å². The number of rotatable bonds is 6. The van der Waals surface area contributed by atoms with Crippen LogP contribution in [0.4, 0.5) is 0 Å². The second kappa shape index (κ2) is 15.9. The summed E-state index contributed by atoms with van der Waals surface area (Å²) in [6.45, 7) is 13.4. The Morgan fingerprint density at radius 2 is 0.677 bits per heavy atom. The van der Waals surface area contributed by atoms with Crippen LogP contribution < -0.4 is 10.4 Å². The van der Waals surface area contributed by atoms with Crippen LogP contribution in [0.25, 0.3) is 44.6 Å². The van der Waals surface area contributed by atoms with Crippen molar-refractivity contribution in [3.05, 3.63) is 164 Å². The van der Waals surface area contributed by atoms with Crippen LogP contribution in [0.3, 0.4) is 0 Å². The zero-order chi connectivity index (χ0) is 44.7. The molecule has 2 aliphatic carbocycles. The van der Waals surface area contributed by atoms with Gasteiger partial charge < -0.3 is 0 Å². The molecule has 0 radical (unpaired) electrons. The summed E-state index contributed by atoms with van der Waals surface area (Å²) in [5.41, 5.74) is 7.12. The number of nitrogens with zero attached hydrogens (tertiary/aromatic N) is 8. The van der Waals surface area contributed by atoms with Crippen LogP contribution in [-0.4, -0.2) is 16.1 Å². The van der Waals surface area contributed by atoms with Crippen LogP contribution in [0.5, 0.6) is 0 Å². The molecule has 0 saturated heterocycles. The summed E-state index contributed by atoms with van der Waals surface area (Å²) in [5, 5.41) is 86.5. The largest absolute Gasteiger partial charge is 0.192 e. The molecule has 7 rings (SSSR count). The van der Waals surface area contributed by atoms with E-state index in [1.54, 1.807) is 36.4 Å². The Hall–Kier alpha value is -8.59. The van der Waals surface area contributed by atoms with Gasteiger partial charge in [-0.3, -0.25) is 0 Å². The second-order valence-corrected chi connectivity index (χ2v) is 27.2. The van der Waals surface area contributed by atoms with E-state index >= 15 is 0 Å². The summed E-state index contributed by atoms with van der Waals surface area (Å²) >= 11 is 0. The Balaban J connectivity index is 1.65.